The van der Waals surface area contributed by atoms with Gasteiger partial charge in [0.25, 0.3) is 0 Å². The Labute approximate surface area is 121 Å². The number of fused-ring (bicyclic) bond motifs is 2. The molecule has 3 aliphatic rings. The molecule has 0 saturated heterocycles. The molecule has 3 bridgehead atoms. The van der Waals surface area contributed by atoms with Gasteiger partial charge in [-0.3, -0.25) is 4.55 Å². The van der Waals surface area contributed by atoms with Crippen molar-refractivity contribution in [2.45, 2.75) is 49.9 Å². The second kappa shape index (κ2) is 4.87. The number of hydrogen-bond acceptors (Lipinski definition) is 4. The van der Waals surface area contributed by atoms with Crippen LogP contribution in [0.5, 0.6) is 0 Å². The second-order valence-corrected chi connectivity index (χ2v) is 8.06. The molecule has 5 atom stereocenters. The lowest BCUT2D eigenvalue weighted by Gasteiger charge is -2.32. The number of carbonyl (C=O) groups excluding carboxylic acids is 1. The third kappa shape index (κ3) is 2.56. The molecule has 0 aromatic heterocycles. The van der Waals surface area contributed by atoms with E-state index in [2.05, 4.69) is 0 Å². The molecule has 21 heavy (non-hydrogen) atoms. The Balaban J connectivity index is 1.72. The zero-order valence-corrected chi connectivity index (χ0v) is 12.2. The molecule has 3 rings (SSSR count). The molecule has 0 aliphatic heterocycles. The van der Waals surface area contributed by atoms with E-state index in [9.17, 15) is 22.0 Å². The topological polar surface area (TPSA) is 80.7 Å². The van der Waals surface area contributed by atoms with E-state index in [1.807, 2.05) is 0 Å². The number of halogens is 2. The van der Waals surface area contributed by atoms with Gasteiger partial charge in [0, 0.05) is 0 Å². The molecular formula is C13H18F2O5S. The number of carbonyl (C=O) groups is 1. The Morgan fingerprint density at radius 1 is 1.05 bits per heavy atom. The molecule has 0 amide bonds. The van der Waals surface area contributed by atoms with E-state index in [-0.39, 0.29) is 5.92 Å². The van der Waals surface area contributed by atoms with Crippen LogP contribution in [0, 0.1) is 23.7 Å². The predicted octanol–water partition coefficient (Wildman–Crippen LogP) is 2.23. The van der Waals surface area contributed by atoms with E-state index in [0.717, 1.165) is 19.3 Å². The number of alkyl halides is 2. The van der Waals surface area contributed by atoms with Crippen molar-refractivity contribution in [3.8, 4) is 0 Å². The summed E-state index contributed by atoms with van der Waals surface area (Å²) >= 11 is 0. The molecule has 0 aromatic rings. The maximum atomic E-state index is 13.3. The summed E-state index contributed by atoms with van der Waals surface area (Å²) < 4.78 is 61.0. The van der Waals surface area contributed by atoms with Crippen molar-refractivity contribution in [3.05, 3.63) is 0 Å². The van der Waals surface area contributed by atoms with Crippen LogP contribution in [0.4, 0.5) is 8.78 Å². The number of ether oxygens (including phenoxy) is 1. The normalized spacial score (nSPS) is 39.1. The highest BCUT2D eigenvalue weighted by molar-refractivity contribution is 7.87. The van der Waals surface area contributed by atoms with Crippen molar-refractivity contribution in [2.24, 2.45) is 23.7 Å². The van der Waals surface area contributed by atoms with Gasteiger partial charge in [-0.2, -0.15) is 17.2 Å². The molecule has 3 saturated carbocycles. The van der Waals surface area contributed by atoms with Gasteiger partial charge >= 0.3 is 21.3 Å². The van der Waals surface area contributed by atoms with E-state index in [4.69, 9.17) is 9.29 Å². The summed E-state index contributed by atoms with van der Waals surface area (Å²) in [6.45, 7) is 0. The van der Waals surface area contributed by atoms with Crippen LogP contribution in [0.1, 0.15) is 38.5 Å². The monoisotopic (exact) mass is 324 g/mol. The average molecular weight is 324 g/mol. The zero-order valence-electron chi connectivity index (χ0n) is 11.4. The largest absolute Gasteiger partial charge is 0.465 e. The SMILES string of the molecule is O=C(OC1CCC2CC3CC2CC1C3)C(F)(F)S(=O)(=O)O. The Morgan fingerprint density at radius 3 is 2.33 bits per heavy atom. The van der Waals surface area contributed by atoms with Gasteiger partial charge in [-0.05, 0) is 62.2 Å². The maximum Gasteiger partial charge on any atom is 0.465 e. The first-order valence-electron chi connectivity index (χ1n) is 7.24. The van der Waals surface area contributed by atoms with Gasteiger partial charge in [-0.1, -0.05) is 0 Å². The highest BCUT2D eigenvalue weighted by Gasteiger charge is 2.56. The van der Waals surface area contributed by atoms with Crippen LogP contribution in [0.3, 0.4) is 0 Å². The van der Waals surface area contributed by atoms with E-state index in [1.54, 1.807) is 0 Å². The quantitative estimate of drug-likeness (QED) is 0.636. The smallest absolute Gasteiger partial charge is 0.457 e. The summed E-state index contributed by atoms with van der Waals surface area (Å²) in [4.78, 5) is 11.4. The van der Waals surface area contributed by atoms with Crippen molar-refractivity contribution in [1.29, 1.82) is 0 Å². The number of hydrogen-bond donors (Lipinski definition) is 1. The van der Waals surface area contributed by atoms with E-state index >= 15 is 0 Å². The minimum Gasteiger partial charge on any atom is -0.457 e. The van der Waals surface area contributed by atoms with Crippen molar-refractivity contribution < 1.29 is 31.3 Å². The second-order valence-electron chi connectivity index (χ2n) is 6.60. The van der Waals surface area contributed by atoms with Crippen LogP contribution in [0.25, 0.3) is 0 Å². The highest BCUT2D eigenvalue weighted by atomic mass is 32.2. The fourth-order valence-corrected chi connectivity index (χ4v) is 4.73. The van der Waals surface area contributed by atoms with Crippen LogP contribution in [-0.4, -0.2) is 30.3 Å². The van der Waals surface area contributed by atoms with Crippen LogP contribution in [-0.2, 0) is 19.6 Å². The molecule has 1 N–H and O–H groups in total. The molecule has 3 aliphatic carbocycles. The first-order valence-corrected chi connectivity index (χ1v) is 8.68. The fraction of sp³-hybridized carbons (Fsp3) is 0.923. The van der Waals surface area contributed by atoms with Gasteiger partial charge in [0.15, 0.2) is 0 Å². The molecule has 8 heteroatoms. The molecule has 0 spiro atoms. The van der Waals surface area contributed by atoms with Gasteiger partial charge < -0.3 is 4.74 Å². The van der Waals surface area contributed by atoms with Crippen LogP contribution >= 0.6 is 0 Å². The summed E-state index contributed by atoms with van der Waals surface area (Å²) in [5, 5.41) is -4.89. The Morgan fingerprint density at radius 2 is 1.67 bits per heavy atom. The predicted molar refractivity (Wildman–Crippen MR) is 68.0 cm³/mol. The lowest BCUT2D eigenvalue weighted by molar-refractivity contribution is -0.171. The fourth-order valence-electron chi connectivity index (χ4n) is 4.47. The first kappa shape index (κ1) is 15.1. The van der Waals surface area contributed by atoms with Gasteiger partial charge in [0.1, 0.15) is 6.10 Å². The van der Waals surface area contributed by atoms with E-state index < -0.39 is 27.4 Å². The van der Waals surface area contributed by atoms with Gasteiger partial charge in [-0.15, -0.1) is 0 Å². The highest BCUT2D eigenvalue weighted by Crippen LogP contribution is 2.54. The molecule has 0 aromatic carbocycles. The van der Waals surface area contributed by atoms with Crippen LogP contribution in [0.15, 0.2) is 0 Å². The third-order valence-corrected chi connectivity index (χ3v) is 6.16. The number of esters is 1. The first-order chi connectivity index (χ1) is 9.68. The Bertz CT molecular complexity index is 547. The van der Waals surface area contributed by atoms with E-state index in [0.29, 0.717) is 24.2 Å². The van der Waals surface area contributed by atoms with Crippen molar-refractivity contribution in [2.75, 3.05) is 0 Å². The average Bonchev–Trinajstić information content (AvgIpc) is 2.60. The molecule has 5 unspecified atom stereocenters. The summed E-state index contributed by atoms with van der Waals surface area (Å²) in [5.41, 5.74) is 0. The van der Waals surface area contributed by atoms with Gasteiger partial charge in [0.2, 0.25) is 0 Å². The lowest BCUT2D eigenvalue weighted by Crippen LogP contribution is -2.42. The van der Waals surface area contributed by atoms with Crippen molar-refractivity contribution >= 4 is 16.1 Å². The van der Waals surface area contributed by atoms with Crippen LogP contribution < -0.4 is 0 Å². The molecule has 3 fully saturated rings. The third-order valence-electron chi connectivity index (χ3n) is 5.35. The van der Waals surface area contributed by atoms with Crippen molar-refractivity contribution in [1.82, 2.24) is 0 Å². The number of rotatable bonds is 3. The standard InChI is InChI=1S/C13H18F2O5S/c14-13(15,21(17,18)19)12(16)20-11-2-1-8-3-7-4-9(8)6-10(11)5-7/h7-11H,1-6H2,(H,17,18,19). The zero-order chi connectivity index (χ0) is 15.4. The summed E-state index contributed by atoms with van der Waals surface area (Å²) in [6.07, 6.45) is 4.70. The summed E-state index contributed by atoms with van der Waals surface area (Å²) in [6, 6.07) is 0. The van der Waals surface area contributed by atoms with Crippen molar-refractivity contribution in [3.63, 3.8) is 0 Å². The van der Waals surface area contributed by atoms with Gasteiger partial charge in [0.05, 0.1) is 0 Å². The molecule has 120 valence electrons. The summed E-state index contributed by atoms with van der Waals surface area (Å²) in [7, 11) is -5.79. The maximum absolute atomic E-state index is 13.3. The Kier molecular flexibility index (Phi) is 3.52. The van der Waals surface area contributed by atoms with Gasteiger partial charge in [-0.25, -0.2) is 4.79 Å². The minimum atomic E-state index is -5.79. The Hall–Kier alpha value is -0.760. The summed E-state index contributed by atoms with van der Waals surface area (Å²) in [5.74, 6) is -0.400. The molecule has 0 heterocycles. The van der Waals surface area contributed by atoms with E-state index in [1.165, 1.54) is 12.8 Å². The molecule has 0 radical (unpaired) electrons. The minimum absolute atomic E-state index is 0.0300. The lowest BCUT2D eigenvalue weighted by atomic mass is 9.78. The molecule has 5 nitrogen and oxygen atoms in total. The molecular weight excluding hydrogens is 306 g/mol. The van der Waals surface area contributed by atoms with Crippen LogP contribution in [0.2, 0.25) is 0 Å².